The molecule has 0 saturated carbocycles. The van der Waals surface area contributed by atoms with Gasteiger partial charge in [0, 0.05) is 37.7 Å². The van der Waals surface area contributed by atoms with Crippen molar-refractivity contribution in [3.8, 4) is 0 Å². The molecule has 2 heterocycles. The van der Waals surface area contributed by atoms with E-state index < -0.39 is 16.0 Å². The van der Waals surface area contributed by atoms with Crippen LogP contribution in [0.4, 0.5) is 5.69 Å². The summed E-state index contributed by atoms with van der Waals surface area (Å²) in [5, 5.41) is 9.62. The topological polar surface area (TPSA) is 77.9 Å². The van der Waals surface area contributed by atoms with Gasteiger partial charge in [-0.15, -0.1) is 11.3 Å². The maximum absolute atomic E-state index is 12.7. The molecular formula is C19H22N2O4S2. The van der Waals surface area contributed by atoms with Gasteiger partial charge in [-0.1, -0.05) is 12.1 Å². The standard InChI is InChI=1S/C19H22N2O4S2/c1-20(2)15-7-5-14(6-8-15)13-16(19(22)23)17-9-10-18(26-17)27(24,25)21-11-3-4-12-21/h5-10,13H,3-4,11-12H2,1-2H3,(H,22,23)/b16-13-. The van der Waals surface area contributed by atoms with E-state index in [0.29, 0.717) is 18.0 Å². The monoisotopic (exact) mass is 406 g/mol. The molecule has 3 rings (SSSR count). The van der Waals surface area contributed by atoms with E-state index in [0.717, 1.165) is 35.4 Å². The highest BCUT2D eigenvalue weighted by atomic mass is 32.2. The van der Waals surface area contributed by atoms with Gasteiger partial charge in [0.05, 0.1) is 5.57 Å². The van der Waals surface area contributed by atoms with Crippen LogP contribution in [0.3, 0.4) is 0 Å². The fourth-order valence-corrected chi connectivity index (χ4v) is 5.92. The maximum Gasteiger partial charge on any atom is 0.337 e. The van der Waals surface area contributed by atoms with Gasteiger partial charge in [0.1, 0.15) is 4.21 Å². The first kappa shape index (κ1) is 19.6. The number of sulfonamides is 1. The van der Waals surface area contributed by atoms with E-state index in [1.54, 1.807) is 12.1 Å². The molecule has 144 valence electrons. The number of nitrogens with zero attached hydrogens (tertiary/aromatic N) is 2. The third-order valence-electron chi connectivity index (χ3n) is 4.46. The first-order valence-electron chi connectivity index (χ1n) is 8.62. The van der Waals surface area contributed by atoms with Gasteiger partial charge in [0.15, 0.2) is 0 Å². The summed E-state index contributed by atoms with van der Waals surface area (Å²) >= 11 is 1.00. The van der Waals surface area contributed by atoms with Crippen LogP contribution in [0.25, 0.3) is 11.6 Å². The van der Waals surface area contributed by atoms with Crippen LogP contribution in [0.5, 0.6) is 0 Å². The predicted molar refractivity (Wildman–Crippen MR) is 109 cm³/mol. The summed E-state index contributed by atoms with van der Waals surface area (Å²) in [6.07, 6.45) is 3.29. The van der Waals surface area contributed by atoms with Crippen LogP contribution in [0, 0.1) is 0 Å². The molecule has 0 aliphatic carbocycles. The second kappa shape index (κ2) is 7.84. The van der Waals surface area contributed by atoms with Crippen LogP contribution in [0.1, 0.15) is 23.3 Å². The number of aliphatic carboxylic acids is 1. The Morgan fingerprint density at radius 1 is 1.11 bits per heavy atom. The highest BCUT2D eigenvalue weighted by Gasteiger charge is 2.29. The number of rotatable bonds is 6. The summed E-state index contributed by atoms with van der Waals surface area (Å²) in [5.74, 6) is -1.08. The van der Waals surface area contributed by atoms with Crippen molar-refractivity contribution in [2.45, 2.75) is 17.1 Å². The van der Waals surface area contributed by atoms with Gasteiger partial charge < -0.3 is 10.0 Å². The smallest absolute Gasteiger partial charge is 0.337 e. The molecule has 1 fully saturated rings. The maximum atomic E-state index is 12.7. The third-order valence-corrected chi connectivity index (χ3v) is 7.94. The quantitative estimate of drug-likeness (QED) is 0.746. The molecule has 27 heavy (non-hydrogen) atoms. The number of hydrogen-bond donors (Lipinski definition) is 1. The van der Waals surface area contributed by atoms with Gasteiger partial charge in [-0.05, 0) is 48.7 Å². The lowest BCUT2D eigenvalue weighted by Crippen LogP contribution is -2.27. The van der Waals surface area contributed by atoms with Gasteiger partial charge in [0.25, 0.3) is 10.0 Å². The van der Waals surface area contributed by atoms with Gasteiger partial charge in [-0.2, -0.15) is 4.31 Å². The Hall–Kier alpha value is -2.16. The van der Waals surface area contributed by atoms with Crippen molar-refractivity contribution in [3.05, 3.63) is 46.8 Å². The number of thiophene rings is 1. The average molecular weight is 407 g/mol. The molecule has 1 aliphatic rings. The van der Waals surface area contributed by atoms with Crippen molar-refractivity contribution >= 4 is 44.7 Å². The predicted octanol–water partition coefficient (Wildman–Crippen LogP) is 3.22. The molecule has 0 bridgehead atoms. The summed E-state index contributed by atoms with van der Waals surface area (Å²) in [6, 6.07) is 10.6. The Labute approximate surface area is 163 Å². The zero-order chi connectivity index (χ0) is 19.6. The molecule has 1 aliphatic heterocycles. The number of hydrogen-bond acceptors (Lipinski definition) is 5. The van der Waals surface area contributed by atoms with Crippen LogP contribution in [-0.4, -0.2) is 51.0 Å². The number of benzene rings is 1. The van der Waals surface area contributed by atoms with Crippen LogP contribution in [0.15, 0.2) is 40.6 Å². The zero-order valence-electron chi connectivity index (χ0n) is 15.3. The van der Waals surface area contributed by atoms with Crippen LogP contribution in [0.2, 0.25) is 0 Å². The summed E-state index contributed by atoms with van der Waals surface area (Å²) in [4.78, 5) is 14.2. The molecular weight excluding hydrogens is 384 g/mol. The molecule has 2 aromatic rings. The molecule has 1 N–H and O–H groups in total. The number of anilines is 1. The van der Waals surface area contributed by atoms with E-state index in [9.17, 15) is 18.3 Å². The first-order valence-corrected chi connectivity index (χ1v) is 10.9. The normalized spacial score (nSPS) is 15.9. The van der Waals surface area contributed by atoms with E-state index in [1.165, 1.54) is 10.4 Å². The van der Waals surface area contributed by atoms with Gasteiger partial charge in [-0.3, -0.25) is 0 Å². The Morgan fingerprint density at radius 3 is 2.30 bits per heavy atom. The van der Waals surface area contributed by atoms with Crippen molar-refractivity contribution in [2.24, 2.45) is 0 Å². The number of carboxylic acids is 1. The Bertz CT molecular complexity index is 954. The number of carboxylic acid groups (broad SMARTS) is 1. The van der Waals surface area contributed by atoms with Crippen molar-refractivity contribution in [1.29, 1.82) is 0 Å². The summed E-state index contributed by atoms with van der Waals surface area (Å²) < 4.78 is 27.0. The molecule has 8 heteroatoms. The fraction of sp³-hybridized carbons (Fsp3) is 0.316. The summed E-state index contributed by atoms with van der Waals surface area (Å²) in [6.45, 7) is 1.05. The number of carbonyl (C=O) groups is 1. The minimum absolute atomic E-state index is 0.0838. The van der Waals surface area contributed by atoms with Crippen LogP contribution < -0.4 is 4.90 Å². The lowest BCUT2D eigenvalue weighted by Gasteiger charge is -2.13. The minimum atomic E-state index is -3.54. The SMILES string of the molecule is CN(C)c1ccc(/C=C(\C(=O)O)c2ccc(S(=O)(=O)N3CCCC3)s2)cc1. The lowest BCUT2D eigenvalue weighted by atomic mass is 10.1. The second-order valence-electron chi connectivity index (χ2n) is 6.58. The molecule has 0 spiro atoms. The highest BCUT2D eigenvalue weighted by Crippen LogP contribution is 2.32. The summed E-state index contributed by atoms with van der Waals surface area (Å²) in [7, 11) is 0.325. The summed E-state index contributed by atoms with van der Waals surface area (Å²) in [5.41, 5.74) is 1.84. The molecule has 0 radical (unpaired) electrons. The second-order valence-corrected chi connectivity index (χ2v) is 9.83. The molecule has 1 saturated heterocycles. The van der Waals surface area contributed by atoms with Crippen molar-refractivity contribution < 1.29 is 18.3 Å². The Balaban J connectivity index is 1.92. The third kappa shape index (κ3) is 4.23. The van der Waals surface area contributed by atoms with E-state index in [2.05, 4.69) is 0 Å². The van der Waals surface area contributed by atoms with Gasteiger partial charge in [0.2, 0.25) is 0 Å². The van der Waals surface area contributed by atoms with Crippen LogP contribution >= 0.6 is 11.3 Å². The van der Waals surface area contributed by atoms with Crippen molar-refractivity contribution in [1.82, 2.24) is 4.31 Å². The van der Waals surface area contributed by atoms with Crippen LogP contribution in [-0.2, 0) is 14.8 Å². The zero-order valence-corrected chi connectivity index (χ0v) is 16.9. The fourth-order valence-electron chi connectivity index (χ4n) is 2.93. The van der Waals surface area contributed by atoms with Crippen molar-refractivity contribution in [3.63, 3.8) is 0 Å². The average Bonchev–Trinajstić information content (AvgIpc) is 3.32. The van der Waals surface area contributed by atoms with Gasteiger partial charge in [-0.25, -0.2) is 13.2 Å². The minimum Gasteiger partial charge on any atom is -0.478 e. The molecule has 0 atom stereocenters. The van der Waals surface area contributed by atoms with Crippen molar-refractivity contribution in [2.75, 3.05) is 32.1 Å². The Kier molecular flexibility index (Phi) is 5.69. The Morgan fingerprint density at radius 2 is 1.74 bits per heavy atom. The molecule has 0 unspecified atom stereocenters. The largest absolute Gasteiger partial charge is 0.478 e. The van der Waals surface area contributed by atoms with Gasteiger partial charge >= 0.3 is 5.97 Å². The van der Waals surface area contributed by atoms with E-state index in [4.69, 9.17) is 0 Å². The molecule has 6 nitrogen and oxygen atoms in total. The molecule has 1 aromatic carbocycles. The van der Waals surface area contributed by atoms with E-state index in [-0.39, 0.29) is 9.78 Å². The molecule has 1 aromatic heterocycles. The molecule has 0 amide bonds. The van der Waals surface area contributed by atoms with E-state index >= 15 is 0 Å². The highest BCUT2D eigenvalue weighted by molar-refractivity contribution is 7.91. The lowest BCUT2D eigenvalue weighted by molar-refractivity contribution is -0.130. The first-order chi connectivity index (χ1) is 12.8. The van der Waals surface area contributed by atoms with E-state index in [1.807, 2.05) is 43.3 Å².